The Balaban J connectivity index is 4.04. The number of nitrogens with one attached hydrogen (secondary N) is 1. The topological polar surface area (TPSA) is 104 Å². The van der Waals surface area contributed by atoms with Gasteiger partial charge >= 0.3 is 11.9 Å². The van der Waals surface area contributed by atoms with Crippen LogP contribution in [-0.4, -0.2) is 34.1 Å². The first-order valence-corrected chi connectivity index (χ1v) is 5.57. The van der Waals surface area contributed by atoms with Crippen molar-refractivity contribution in [2.24, 2.45) is 5.92 Å². The largest absolute Gasteiger partial charge is 0.481 e. The highest BCUT2D eigenvalue weighted by Crippen LogP contribution is 2.05. The van der Waals surface area contributed by atoms with E-state index in [1.54, 1.807) is 0 Å². The van der Waals surface area contributed by atoms with Crippen molar-refractivity contribution in [3.05, 3.63) is 0 Å². The maximum atomic E-state index is 11.4. The highest BCUT2D eigenvalue weighted by Gasteiger charge is 2.20. The summed E-state index contributed by atoms with van der Waals surface area (Å²) >= 11 is 0. The molecule has 1 atom stereocenters. The van der Waals surface area contributed by atoms with E-state index in [1.165, 1.54) is 0 Å². The molecule has 0 spiro atoms. The number of carbonyl (C=O) groups is 3. The van der Waals surface area contributed by atoms with Gasteiger partial charge in [-0.1, -0.05) is 13.8 Å². The molecular formula is C11H19NO5. The Kier molecular flexibility index (Phi) is 6.93. The molecule has 0 saturated heterocycles. The van der Waals surface area contributed by atoms with Crippen molar-refractivity contribution in [2.75, 3.05) is 0 Å². The second-order valence-electron chi connectivity index (χ2n) is 4.34. The van der Waals surface area contributed by atoms with Gasteiger partial charge < -0.3 is 15.5 Å². The molecule has 98 valence electrons. The molecule has 0 fully saturated rings. The zero-order chi connectivity index (χ0) is 13.4. The number of rotatable bonds is 8. The molecule has 17 heavy (non-hydrogen) atoms. The molecule has 0 aliphatic heterocycles. The van der Waals surface area contributed by atoms with Crippen LogP contribution in [0.2, 0.25) is 0 Å². The molecule has 0 saturated carbocycles. The molecule has 1 unspecified atom stereocenters. The number of hydrogen-bond donors (Lipinski definition) is 3. The normalized spacial score (nSPS) is 12.2. The summed E-state index contributed by atoms with van der Waals surface area (Å²) in [4.78, 5) is 32.4. The fraction of sp³-hybridized carbons (Fsp3) is 0.727. The van der Waals surface area contributed by atoms with Crippen LogP contribution in [0.1, 0.15) is 39.5 Å². The SMILES string of the molecule is CC(C)CC(NC(=O)CCCC(=O)O)C(=O)O. The average Bonchev–Trinajstić information content (AvgIpc) is 2.15. The van der Waals surface area contributed by atoms with Gasteiger partial charge in [0.15, 0.2) is 0 Å². The smallest absolute Gasteiger partial charge is 0.326 e. The first kappa shape index (κ1) is 15.4. The van der Waals surface area contributed by atoms with Crippen LogP contribution in [-0.2, 0) is 14.4 Å². The summed E-state index contributed by atoms with van der Waals surface area (Å²) in [5.41, 5.74) is 0. The van der Waals surface area contributed by atoms with Gasteiger partial charge in [-0.2, -0.15) is 0 Å². The molecule has 6 nitrogen and oxygen atoms in total. The summed E-state index contributed by atoms with van der Waals surface area (Å²) in [7, 11) is 0. The van der Waals surface area contributed by atoms with E-state index < -0.39 is 23.9 Å². The van der Waals surface area contributed by atoms with Gasteiger partial charge in [0.1, 0.15) is 6.04 Å². The van der Waals surface area contributed by atoms with Gasteiger partial charge in [0.05, 0.1) is 0 Å². The fourth-order valence-electron chi connectivity index (χ4n) is 1.36. The minimum absolute atomic E-state index is 0.0359. The molecule has 1 amide bonds. The Morgan fingerprint density at radius 2 is 1.71 bits per heavy atom. The predicted molar refractivity (Wildman–Crippen MR) is 60.5 cm³/mol. The fourth-order valence-corrected chi connectivity index (χ4v) is 1.36. The Morgan fingerprint density at radius 1 is 1.12 bits per heavy atom. The first-order valence-electron chi connectivity index (χ1n) is 5.57. The van der Waals surface area contributed by atoms with Gasteiger partial charge in [-0.3, -0.25) is 9.59 Å². The molecule has 0 aromatic carbocycles. The van der Waals surface area contributed by atoms with Crippen molar-refractivity contribution >= 4 is 17.8 Å². The highest BCUT2D eigenvalue weighted by molar-refractivity contribution is 5.83. The monoisotopic (exact) mass is 245 g/mol. The van der Waals surface area contributed by atoms with Gasteiger partial charge in [0, 0.05) is 12.8 Å². The van der Waals surface area contributed by atoms with E-state index in [2.05, 4.69) is 5.32 Å². The molecule has 3 N–H and O–H groups in total. The predicted octanol–water partition coefficient (Wildman–Crippen LogP) is 0.857. The van der Waals surface area contributed by atoms with E-state index in [4.69, 9.17) is 10.2 Å². The Hall–Kier alpha value is -1.59. The van der Waals surface area contributed by atoms with Gasteiger partial charge in [-0.05, 0) is 18.8 Å². The minimum Gasteiger partial charge on any atom is -0.481 e. The van der Waals surface area contributed by atoms with Crippen molar-refractivity contribution < 1.29 is 24.6 Å². The number of carboxylic acids is 2. The Bertz CT molecular complexity index is 288. The van der Waals surface area contributed by atoms with Crippen molar-refractivity contribution in [2.45, 2.75) is 45.6 Å². The zero-order valence-electron chi connectivity index (χ0n) is 10.1. The van der Waals surface area contributed by atoms with E-state index >= 15 is 0 Å². The van der Waals surface area contributed by atoms with E-state index in [-0.39, 0.29) is 25.2 Å². The summed E-state index contributed by atoms with van der Waals surface area (Å²) < 4.78 is 0. The van der Waals surface area contributed by atoms with Crippen LogP contribution < -0.4 is 5.32 Å². The third kappa shape index (κ3) is 8.24. The maximum Gasteiger partial charge on any atom is 0.326 e. The van der Waals surface area contributed by atoms with E-state index in [1.807, 2.05) is 13.8 Å². The van der Waals surface area contributed by atoms with Crippen molar-refractivity contribution in [1.82, 2.24) is 5.32 Å². The van der Waals surface area contributed by atoms with Crippen LogP contribution >= 0.6 is 0 Å². The van der Waals surface area contributed by atoms with Crippen LogP contribution in [0.5, 0.6) is 0 Å². The number of carboxylic acid groups (broad SMARTS) is 2. The standard InChI is InChI=1S/C11H19NO5/c1-7(2)6-8(11(16)17)12-9(13)4-3-5-10(14)15/h7-8H,3-6H2,1-2H3,(H,12,13)(H,14,15)(H,16,17). The number of hydrogen-bond acceptors (Lipinski definition) is 3. The van der Waals surface area contributed by atoms with Crippen LogP contribution in [0.15, 0.2) is 0 Å². The molecule has 0 aromatic heterocycles. The number of amides is 1. The summed E-state index contributed by atoms with van der Waals surface area (Å²) in [5, 5.41) is 19.7. The van der Waals surface area contributed by atoms with Crippen LogP contribution in [0, 0.1) is 5.92 Å². The second kappa shape index (κ2) is 7.65. The quantitative estimate of drug-likeness (QED) is 0.588. The minimum atomic E-state index is -1.06. The molecule has 0 aliphatic carbocycles. The van der Waals surface area contributed by atoms with Crippen LogP contribution in [0.25, 0.3) is 0 Å². The van der Waals surface area contributed by atoms with E-state index in [9.17, 15) is 14.4 Å². The lowest BCUT2D eigenvalue weighted by atomic mass is 10.0. The van der Waals surface area contributed by atoms with Crippen LogP contribution in [0.4, 0.5) is 0 Å². The molecule has 0 heterocycles. The highest BCUT2D eigenvalue weighted by atomic mass is 16.4. The molecule has 0 aromatic rings. The van der Waals surface area contributed by atoms with Gasteiger partial charge in [0.25, 0.3) is 0 Å². The summed E-state index contributed by atoms with van der Waals surface area (Å²) in [6, 6.07) is -0.896. The molecule has 6 heteroatoms. The molecule has 0 radical (unpaired) electrons. The molecule has 0 bridgehead atoms. The zero-order valence-corrected chi connectivity index (χ0v) is 10.1. The summed E-state index contributed by atoms with van der Waals surface area (Å²) in [5.74, 6) is -2.28. The lowest BCUT2D eigenvalue weighted by molar-refractivity contribution is -0.142. The summed E-state index contributed by atoms with van der Waals surface area (Å²) in [6.45, 7) is 3.74. The van der Waals surface area contributed by atoms with Crippen molar-refractivity contribution in [3.63, 3.8) is 0 Å². The summed E-state index contributed by atoms with van der Waals surface area (Å²) in [6.07, 6.45) is 0.526. The van der Waals surface area contributed by atoms with E-state index in [0.29, 0.717) is 6.42 Å². The van der Waals surface area contributed by atoms with E-state index in [0.717, 1.165) is 0 Å². The van der Waals surface area contributed by atoms with Gasteiger partial charge in [-0.15, -0.1) is 0 Å². The lowest BCUT2D eigenvalue weighted by Gasteiger charge is -2.16. The Labute approximate surface area is 100 Å². The van der Waals surface area contributed by atoms with Crippen LogP contribution in [0.3, 0.4) is 0 Å². The van der Waals surface area contributed by atoms with Gasteiger partial charge in [-0.25, -0.2) is 4.79 Å². The number of aliphatic carboxylic acids is 2. The molecule has 0 aliphatic rings. The lowest BCUT2D eigenvalue weighted by Crippen LogP contribution is -2.41. The number of carbonyl (C=O) groups excluding carboxylic acids is 1. The maximum absolute atomic E-state index is 11.4. The second-order valence-corrected chi connectivity index (χ2v) is 4.34. The Morgan fingerprint density at radius 3 is 2.12 bits per heavy atom. The third-order valence-corrected chi connectivity index (χ3v) is 2.13. The molecular weight excluding hydrogens is 226 g/mol. The third-order valence-electron chi connectivity index (χ3n) is 2.13. The van der Waals surface area contributed by atoms with Gasteiger partial charge in [0.2, 0.25) is 5.91 Å². The van der Waals surface area contributed by atoms with Crippen molar-refractivity contribution in [3.8, 4) is 0 Å². The average molecular weight is 245 g/mol. The van der Waals surface area contributed by atoms with Crippen molar-refractivity contribution in [1.29, 1.82) is 0 Å². The first-order chi connectivity index (χ1) is 7.82. The molecule has 0 rings (SSSR count).